The van der Waals surface area contributed by atoms with Crippen molar-refractivity contribution in [2.75, 3.05) is 29.2 Å². The highest BCUT2D eigenvalue weighted by molar-refractivity contribution is 6.11. The van der Waals surface area contributed by atoms with Crippen LogP contribution in [0.1, 0.15) is 12.5 Å². The summed E-state index contributed by atoms with van der Waals surface area (Å²) in [5, 5.41) is 5.98. The van der Waals surface area contributed by atoms with Gasteiger partial charge in [0.05, 0.1) is 24.2 Å². The Morgan fingerprint density at radius 1 is 1.28 bits per heavy atom. The molecule has 130 valence electrons. The summed E-state index contributed by atoms with van der Waals surface area (Å²) < 4.78 is 5.35. The van der Waals surface area contributed by atoms with Gasteiger partial charge in [0.15, 0.2) is 0 Å². The zero-order chi connectivity index (χ0) is 18.0. The summed E-state index contributed by atoms with van der Waals surface area (Å²) in [7, 11) is 1.59. The maximum absolute atomic E-state index is 12.9. The van der Waals surface area contributed by atoms with Crippen molar-refractivity contribution in [3.63, 3.8) is 0 Å². The van der Waals surface area contributed by atoms with Crippen molar-refractivity contribution < 1.29 is 14.3 Å². The third kappa shape index (κ3) is 3.42. The third-order valence-corrected chi connectivity index (χ3v) is 4.13. The molecule has 0 saturated carbocycles. The van der Waals surface area contributed by atoms with Gasteiger partial charge < -0.3 is 15.4 Å². The van der Waals surface area contributed by atoms with Crippen LogP contribution in [-0.4, -0.2) is 31.5 Å². The van der Waals surface area contributed by atoms with Gasteiger partial charge in [0, 0.05) is 0 Å². The Morgan fingerprint density at radius 2 is 2.04 bits per heavy atom. The number of rotatable bonds is 4. The van der Waals surface area contributed by atoms with Gasteiger partial charge in [-0.2, -0.15) is 0 Å². The zero-order valence-electron chi connectivity index (χ0n) is 14.5. The Hall–Kier alpha value is -3.02. The molecule has 2 N–H and O–H groups in total. The van der Waals surface area contributed by atoms with Gasteiger partial charge in [-0.15, -0.1) is 0 Å². The number of methoxy groups -OCH3 is 1. The third-order valence-electron chi connectivity index (χ3n) is 4.13. The summed E-state index contributed by atoms with van der Waals surface area (Å²) in [6.45, 7) is 3.76. The number of hydrogen-bond donors (Lipinski definition) is 2. The van der Waals surface area contributed by atoms with Crippen LogP contribution in [0.15, 0.2) is 42.5 Å². The largest absolute Gasteiger partial charge is 0.495 e. The standard InChI is InChI=1S/C19H21N3O3/c1-12-8-9-17(25-3)15(10-12)20-13(2)19(24)22-11-18(23)21-14-6-4-5-7-16(14)22/h4-10,13,20H,11H2,1-3H3,(H,21,23)/t13-/m0/s1. The second kappa shape index (κ2) is 6.84. The Labute approximate surface area is 146 Å². The van der Waals surface area contributed by atoms with E-state index in [0.717, 1.165) is 11.3 Å². The van der Waals surface area contributed by atoms with Crippen LogP contribution in [0, 0.1) is 6.92 Å². The summed E-state index contributed by atoms with van der Waals surface area (Å²) in [4.78, 5) is 26.4. The molecule has 0 fully saturated rings. The molecular formula is C19H21N3O3. The van der Waals surface area contributed by atoms with Crippen LogP contribution in [0.25, 0.3) is 0 Å². The van der Waals surface area contributed by atoms with Crippen LogP contribution in [0.4, 0.5) is 17.1 Å². The van der Waals surface area contributed by atoms with Gasteiger partial charge in [-0.05, 0) is 43.7 Å². The Balaban J connectivity index is 1.84. The number of anilines is 3. The fourth-order valence-electron chi connectivity index (χ4n) is 2.89. The molecule has 6 heteroatoms. The summed E-state index contributed by atoms with van der Waals surface area (Å²) in [6.07, 6.45) is 0. The van der Waals surface area contributed by atoms with Crippen molar-refractivity contribution in [1.29, 1.82) is 0 Å². The first kappa shape index (κ1) is 16.8. The van der Waals surface area contributed by atoms with Gasteiger partial charge in [0.25, 0.3) is 0 Å². The normalized spacial score (nSPS) is 14.4. The maximum atomic E-state index is 12.9. The predicted molar refractivity (Wildman–Crippen MR) is 98.2 cm³/mol. The van der Waals surface area contributed by atoms with Crippen LogP contribution in [-0.2, 0) is 9.59 Å². The number of fused-ring (bicyclic) bond motifs is 1. The second-order valence-corrected chi connectivity index (χ2v) is 6.06. The minimum atomic E-state index is -0.519. The number of carbonyl (C=O) groups excluding carboxylic acids is 2. The van der Waals surface area contributed by atoms with E-state index in [0.29, 0.717) is 17.1 Å². The molecule has 0 radical (unpaired) electrons. The molecule has 0 spiro atoms. The van der Waals surface area contributed by atoms with Crippen LogP contribution in [0.2, 0.25) is 0 Å². The lowest BCUT2D eigenvalue weighted by Gasteiger charge is -2.31. The minimum Gasteiger partial charge on any atom is -0.495 e. The van der Waals surface area contributed by atoms with E-state index < -0.39 is 6.04 Å². The van der Waals surface area contributed by atoms with E-state index in [1.165, 1.54) is 4.90 Å². The lowest BCUT2D eigenvalue weighted by molar-refractivity contribution is -0.122. The van der Waals surface area contributed by atoms with E-state index >= 15 is 0 Å². The monoisotopic (exact) mass is 339 g/mol. The van der Waals surface area contributed by atoms with Crippen LogP contribution in [0.3, 0.4) is 0 Å². The molecule has 2 aromatic carbocycles. The Morgan fingerprint density at radius 3 is 2.80 bits per heavy atom. The highest BCUT2D eigenvalue weighted by Crippen LogP contribution is 2.30. The lowest BCUT2D eigenvalue weighted by atomic mass is 10.1. The van der Waals surface area contributed by atoms with E-state index in [1.807, 2.05) is 43.3 Å². The maximum Gasteiger partial charge on any atom is 0.249 e. The number of nitrogens with zero attached hydrogens (tertiary/aromatic N) is 1. The number of carbonyl (C=O) groups is 2. The first-order valence-corrected chi connectivity index (χ1v) is 8.11. The van der Waals surface area contributed by atoms with E-state index in [9.17, 15) is 9.59 Å². The van der Waals surface area contributed by atoms with Crippen LogP contribution < -0.4 is 20.3 Å². The van der Waals surface area contributed by atoms with Crippen molar-refractivity contribution in [1.82, 2.24) is 0 Å². The van der Waals surface area contributed by atoms with Gasteiger partial charge >= 0.3 is 0 Å². The summed E-state index contributed by atoms with van der Waals surface area (Å²) in [6, 6.07) is 12.5. The van der Waals surface area contributed by atoms with Gasteiger partial charge in [-0.1, -0.05) is 18.2 Å². The molecule has 0 aromatic heterocycles. The van der Waals surface area contributed by atoms with Crippen molar-refractivity contribution in [3.8, 4) is 5.75 Å². The first-order chi connectivity index (χ1) is 12.0. The quantitative estimate of drug-likeness (QED) is 0.899. The molecule has 2 aromatic rings. The highest BCUT2D eigenvalue weighted by atomic mass is 16.5. The molecule has 1 atom stereocenters. The smallest absolute Gasteiger partial charge is 0.249 e. The van der Waals surface area contributed by atoms with E-state index in [2.05, 4.69) is 10.6 Å². The van der Waals surface area contributed by atoms with Gasteiger partial charge in [0.2, 0.25) is 11.8 Å². The zero-order valence-corrected chi connectivity index (χ0v) is 14.5. The molecule has 0 bridgehead atoms. The van der Waals surface area contributed by atoms with Crippen LogP contribution >= 0.6 is 0 Å². The van der Waals surface area contributed by atoms with Gasteiger partial charge in [-0.3, -0.25) is 14.5 Å². The molecule has 0 unspecified atom stereocenters. The minimum absolute atomic E-state index is 0.00676. The SMILES string of the molecule is COc1ccc(C)cc1N[C@@H](C)C(=O)N1CC(=O)Nc2ccccc21. The molecule has 6 nitrogen and oxygen atoms in total. The van der Waals surface area contributed by atoms with Crippen molar-refractivity contribution >= 4 is 28.9 Å². The number of para-hydroxylation sites is 2. The van der Waals surface area contributed by atoms with E-state index in [4.69, 9.17) is 4.74 Å². The summed E-state index contributed by atoms with van der Waals surface area (Å²) >= 11 is 0. The van der Waals surface area contributed by atoms with E-state index in [-0.39, 0.29) is 18.4 Å². The molecule has 0 aliphatic carbocycles. The van der Waals surface area contributed by atoms with Crippen molar-refractivity contribution in [2.45, 2.75) is 19.9 Å². The van der Waals surface area contributed by atoms with Crippen LogP contribution in [0.5, 0.6) is 5.75 Å². The number of benzene rings is 2. The second-order valence-electron chi connectivity index (χ2n) is 6.06. The number of ether oxygens (including phenoxy) is 1. The molecular weight excluding hydrogens is 318 g/mol. The van der Waals surface area contributed by atoms with Gasteiger partial charge in [0.1, 0.15) is 18.3 Å². The average molecular weight is 339 g/mol. The lowest BCUT2D eigenvalue weighted by Crippen LogP contribution is -2.47. The molecule has 1 heterocycles. The number of nitrogens with one attached hydrogen (secondary N) is 2. The fraction of sp³-hybridized carbons (Fsp3) is 0.263. The topological polar surface area (TPSA) is 70.7 Å². The van der Waals surface area contributed by atoms with Crippen molar-refractivity contribution in [3.05, 3.63) is 48.0 Å². The number of amides is 2. The number of aryl methyl sites for hydroxylation is 1. The molecule has 0 saturated heterocycles. The number of hydrogen-bond acceptors (Lipinski definition) is 4. The Kier molecular flexibility index (Phi) is 4.61. The highest BCUT2D eigenvalue weighted by Gasteiger charge is 2.29. The first-order valence-electron chi connectivity index (χ1n) is 8.11. The molecule has 2 amide bonds. The molecule has 1 aliphatic rings. The molecule has 3 rings (SSSR count). The van der Waals surface area contributed by atoms with Gasteiger partial charge in [-0.25, -0.2) is 0 Å². The average Bonchev–Trinajstić information content (AvgIpc) is 2.60. The molecule has 1 aliphatic heterocycles. The summed E-state index contributed by atoms with van der Waals surface area (Å²) in [5.74, 6) is 0.292. The molecule has 25 heavy (non-hydrogen) atoms. The summed E-state index contributed by atoms with van der Waals surface area (Å²) in [5.41, 5.74) is 3.16. The Bertz CT molecular complexity index is 819. The van der Waals surface area contributed by atoms with E-state index in [1.54, 1.807) is 20.1 Å². The fourth-order valence-corrected chi connectivity index (χ4v) is 2.89. The predicted octanol–water partition coefficient (Wildman–Crippen LogP) is 2.79. The van der Waals surface area contributed by atoms with Crippen molar-refractivity contribution in [2.24, 2.45) is 0 Å².